The zero-order valence-corrected chi connectivity index (χ0v) is 12.8. The summed E-state index contributed by atoms with van der Waals surface area (Å²) in [5, 5.41) is 2.75. The van der Waals surface area contributed by atoms with Gasteiger partial charge in [-0.15, -0.1) is 0 Å². The number of amides is 1. The van der Waals surface area contributed by atoms with Gasteiger partial charge >= 0.3 is 6.09 Å². The van der Waals surface area contributed by atoms with E-state index < -0.39 is 11.7 Å². The summed E-state index contributed by atoms with van der Waals surface area (Å²) in [6, 6.07) is 0. The largest absolute Gasteiger partial charge is 0.444 e. The highest BCUT2D eigenvalue weighted by molar-refractivity contribution is 5.67. The Bertz CT molecular complexity index is 425. The number of nitrogens with one attached hydrogen (secondary N) is 1. The SMILES string of the molecule is CC(C)(C)Cn1cncc1CNC(=O)OC(C)(C)C. The van der Waals surface area contributed by atoms with E-state index in [4.69, 9.17) is 4.74 Å². The van der Waals surface area contributed by atoms with Gasteiger partial charge in [0, 0.05) is 12.7 Å². The van der Waals surface area contributed by atoms with Crippen molar-refractivity contribution in [3.63, 3.8) is 0 Å². The van der Waals surface area contributed by atoms with E-state index in [0.717, 1.165) is 12.2 Å². The molecule has 5 nitrogen and oxygen atoms in total. The van der Waals surface area contributed by atoms with Crippen LogP contribution in [0, 0.1) is 5.41 Å². The van der Waals surface area contributed by atoms with E-state index in [9.17, 15) is 4.79 Å². The molecule has 1 rings (SSSR count). The fraction of sp³-hybridized carbons (Fsp3) is 0.714. The summed E-state index contributed by atoms with van der Waals surface area (Å²) in [6.07, 6.45) is 3.15. The normalized spacial score (nSPS) is 12.3. The molecular formula is C14H25N3O2. The van der Waals surface area contributed by atoms with E-state index in [1.165, 1.54) is 0 Å². The number of hydrogen-bond donors (Lipinski definition) is 1. The van der Waals surface area contributed by atoms with Gasteiger partial charge in [-0.2, -0.15) is 0 Å². The summed E-state index contributed by atoms with van der Waals surface area (Å²) in [6.45, 7) is 13.3. The van der Waals surface area contributed by atoms with Crippen LogP contribution >= 0.6 is 0 Å². The van der Waals surface area contributed by atoms with Crippen LogP contribution in [0.25, 0.3) is 0 Å². The van der Waals surface area contributed by atoms with Crippen molar-refractivity contribution in [1.82, 2.24) is 14.9 Å². The van der Waals surface area contributed by atoms with E-state index in [1.54, 1.807) is 12.5 Å². The third-order valence-electron chi connectivity index (χ3n) is 2.26. The molecule has 0 bridgehead atoms. The molecular weight excluding hydrogens is 242 g/mol. The van der Waals surface area contributed by atoms with Crippen LogP contribution in [0.15, 0.2) is 12.5 Å². The molecule has 0 aliphatic heterocycles. The lowest BCUT2D eigenvalue weighted by atomic mass is 9.97. The first-order chi connectivity index (χ1) is 8.57. The van der Waals surface area contributed by atoms with Crippen LogP contribution in [-0.2, 0) is 17.8 Å². The zero-order chi connectivity index (χ0) is 14.7. The number of alkyl carbamates (subject to hydrolysis) is 1. The molecule has 0 aromatic carbocycles. The van der Waals surface area contributed by atoms with Gasteiger partial charge in [0.05, 0.1) is 18.6 Å². The molecule has 0 atom stereocenters. The van der Waals surface area contributed by atoms with E-state index in [-0.39, 0.29) is 5.41 Å². The Balaban J connectivity index is 2.55. The predicted molar refractivity (Wildman–Crippen MR) is 74.8 cm³/mol. The van der Waals surface area contributed by atoms with Crippen molar-refractivity contribution in [2.75, 3.05) is 0 Å². The summed E-state index contributed by atoms with van der Waals surface area (Å²) in [5.74, 6) is 0. The third kappa shape index (κ3) is 6.27. The fourth-order valence-corrected chi connectivity index (χ4v) is 1.63. The molecule has 1 heterocycles. The maximum atomic E-state index is 11.6. The lowest BCUT2D eigenvalue weighted by Gasteiger charge is -2.21. The predicted octanol–water partition coefficient (Wildman–Crippen LogP) is 2.95. The van der Waals surface area contributed by atoms with Gasteiger partial charge in [0.1, 0.15) is 5.60 Å². The maximum absolute atomic E-state index is 11.6. The second-order valence-electron chi connectivity index (χ2n) is 6.93. The molecule has 0 spiro atoms. The Morgan fingerprint density at radius 3 is 2.47 bits per heavy atom. The maximum Gasteiger partial charge on any atom is 0.407 e. The van der Waals surface area contributed by atoms with E-state index in [2.05, 4.69) is 35.6 Å². The summed E-state index contributed by atoms with van der Waals surface area (Å²) in [5.41, 5.74) is 0.665. The average Bonchev–Trinajstić information content (AvgIpc) is 2.56. The first-order valence-corrected chi connectivity index (χ1v) is 6.53. The number of aromatic nitrogens is 2. The van der Waals surface area contributed by atoms with Crippen LogP contribution in [-0.4, -0.2) is 21.2 Å². The number of carbonyl (C=O) groups excluding carboxylic acids is 1. The number of nitrogens with zero attached hydrogens (tertiary/aromatic N) is 2. The molecule has 0 aliphatic rings. The Hall–Kier alpha value is -1.52. The van der Waals surface area contributed by atoms with Crippen LogP contribution in [0.3, 0.4) is 0 Å². The van der Waals surface area contributed by atoms with Crippen LogP contribution in [0.1, 0.15) is 47.2 Å². The molecule has 5 heteroatoms. The second kappa shape index (κ2) is 5.63. The number of imidazole rings is 1. The Morgan fingerprint density at radius 2 is 1.95 bits per heavy atom. The van der Waals surface area contributed by atoms with Gasteiger partial charge in [-0.25, -0.2) is 9.78 Å². The molecule has 0 fully saturated rings. The van der Waals surface area contributed by atoms with Crippen molar-refractivity contribution in [3.05, 3.63) is 18.2 Å². The molecule has 1 N–H and O–H groups in total. The van der Waals surface area contributed by atoms with Crippen molar-refractivity contribution >= 4 is 6.09 Å². The number of carbonyl (C=O) groups is 1. The molecule has 108 valence electrons. The standard InChI is InChI=1S/C14H25N3O2/c1-13(2,3)9-17-10-15-7-11(17)8-16-12(18)19-14(4,5)6/h7,10H,8-9H2,1-6H3,(H,16,18). The van der Waals surface area contributed by atoms with Gasteiger partial charge < -0.3 is 14.6 Å². The number of ether oxygens (including phenoxy) is 1. The van der Waals surface area contributed by atoms with Crippen LogP contribution < -0.4 is 5.32 Å². The van der Waals surface area contributed by atoms with Crippen molar-refractivity contribution in [2.45, 2.75) is 60.2 Å². The zero-order valence-electron chi connectivity index (χ0n) is 12.8. The van der Waals surface area contributed by atoms with Gasteiger partial charge in [-0.1, -0.05) is 20.8 Å². The first kappa shape index (κ1) is 15.5. The summed E-state index contributed by atoms with van der Waals surface area (Å²) < 4.78 is 7.25. The molecule has 0 saturated carbocycles. The first-order valence-electron chi connectivity index (χ1n) is 6.53. The molecule has 1 aromatic rings. The molecule has 0 radical (unpaired) electrons. The minimum absolute atomic E-state index is 0.168. The summed E-state index contributed by atoms with van der Waals surface area (Å²) in [7, 11) is 0. The monoisotopic (exact) mass is 267 g/mol. The summed E-state index contributed by atoms with van der Waals surface area (Å²) in [4.78, 5) is 15.7. The van der Waals surface area contributed by atoms with Crippen molar-refractivity contribution in [2.24, 2.45) is 5.41 Å². The minimum Gasteiger partial charge on any atom is -0.444 e. The molecule has 1 amide bonds. The smallest absolute Gasteiger partial charge is 0.407 e. The molecule has 1 aromatic heterocycles. The average molecular weight is 267 g/mol. The number of rotatable bonds is 3. The molecule has 0 aliphatic carbocycles. The minimum atomic E-state index is -0.476. The van der Waals surface area contributed by atoms with Gasteiger partial charge in [-0.3, -0.25) is 0 Å². The Kier molecular flexibility index (Phi) is 4.61. The Labute approximate surface area is 115 Å². The van der Waals surface area contributed by atoms with E-state index in [1.807, 2.05) is 20.8 Å². The van der Waals surface area contributed by atoms with Gasteiger partial charge in [0.15, 0.2) is 0 Å². The van der Waals surface area contributed by atoms with Crippen LogP contribution in [0.5, 0.6) is 0 Å². The van der Waals surface area contributed by atoms with E-state index >= 15 is 0 Å². The highest BCUT2D eigenvalue weighted by Crippen LogP contribution is 2.17. The van der Waals surface area contributed by atoms with Crippen LogP contribution in [0.4, 0.5) is 4.79 Å². The lowest BCUT2D eigenvalue weighted by molar-refractivity contribution is 0.0522. The van der Waals surface area contributed by atoms with E-state index in [0.29, 0.717) is 6.54 Å². The quantitative estimate of drug-likeness (QED) is 0.916. The third-order valence-corrected chi connectivity index (χ3v) is 2.26. The van der Waals surface area contributed by atoms with Crippen molar-refractivity contribution in [3.8, 4) is 0 Å². The van der Waals surface area contributed by atoms with Crippen molar-refractivity contribution < 1.29 is 9.53 Å². The summed E-state index contributed by atoms with van der Waals surface area (Å²) >= 11 is 0. The van der Waals surface area contributed by atoms with Crippen molar-refractivity contribution in [1.29, 1.82) is 0 Å². The fourth-order valence-electron chi connectivity index (χ4n) is 1.63. The second-order valence-corrected chi connectivity index (χ2v) is 6.93. The topological polar surface area (TPSA) is 56.2 Å². The molecule has 0 saturated heterocycles. The highest BCUT2D eigenvalue weighted by atomic mass is 16.6. The highest BCUT2D eigenvalue weighted by Gasteiger charge is 2.17. The van der Waals surface area contributed by atoms with Crippen LogP contribution in [0.2, 0.25) is 0 Å². The molecule has 19 heavy (non-hydrogen) atoms. The van der Waals surface area contributed by atoms with Gasteiger partial charge in [-0.05, 0) is 26.2 Å². The lowest BCUT2D eigenvalue weighted by Crippen LogP contribution is -2.32. The number of hydrogen-bond acceptors (Lipinski definition) is 3. The van der Waals surface area contributed by atoms with Gasteiger partial charge in [0.2, 0.25) is 0 Å². The molecule has 0 unspecified atom stereocenters. The Morgan fingerprint density at radius 1 is 1.32 bits per heavy atom. The van der Waals surface area contributed by atoms with Gasteiger partial charge in [0.25, 0.3) is 0 Å².